The van der Waals surface area contributed by atoms with Crippen molar-refractivity contribution in [1.82, 2.24) is 4.40 Å². The van der Waals surface area contributed by atoms with E-state index < -0.39 is 0 Å². The summed E-state index contributed by atoms with van der Waals surface area (Å²) in [6.45, 7) is 0. The van der Waals surface area contributed by atoms with Crippen LogP contribution in [0.2, 0.25) is 10.0 Å². The Morgan fingerprint density at radius 1 is 0.277 bits per heavy atom. The monoisotopic (exact) mass is 1230 g/mol. The van der Waals surface area contributed by atoms with Crippen LogP contribution in [0.1, 0.15) is 7.43 Å². The molecular weight excluding hydrogens is 1180 g/mol. The molecule has 0 fully saturated rings. The molecule has 0 saturated heterocycles. The van der Waals surface area contributed by atoms with E-state index in [0.29, 0.717) is 10.7 Å². The highest BCUT2D eigenvalue weighted by Crippen LogP contribution is 2.47. The summed E-state index contributed by atoms with van der Waals surface area (Å²) in [7, 11) is 0. The van der Waals surface area contributed by atoms with Crippen LogP contribution in [0.25, 0.3) is 148 Å². The van der Waals surface area contributed by atoms with Gasteiger partial charge in [-0.3, -0.25) is 0 Å². The molecule has 0 radical (unpaired) electrons. The van der Waals surface area contributed by atoms with Gasteiger partial charge in [0.05, 0.1) is 16.6 Å². The number of hydrogen-bond donors (Lipinski definition) is 1. The third-order valence-electron chi connectivity index (χ3n) is 16.3. The number of nitrogens with zero attached hydrogens (tertiary/aromatic N) is 1. The molecule has 14 aromatic carbocycles. The van der Waals surface area contributed by atoms with Gasteiger partial charge in [0.25, 0.3) is 0 Å². The Morgan fingerprint density at radius 2 is 0.590 bits per heavy atom. The first kappa shape index (κ1) is 52.3. The maximum atomic E-state index is 6.94. The molecule has 16 aromatic rings. The Balaban J connectivity index is 0.000000146. The summed E-state index contributed by atoms with van der Waals surface area (Å²) in [5.41, 5.74) is 24.8. The second-order valence-corrected chi connectivity index (χ2v) is 23.8. The lowest BCUT2D eigenvalue weighted by Crippen LogP contribution is -1.96. The summed E-state index contributed by atoms with van der Waals surface area (Å²) in [6, 6.07) is 94.9. The zero-order valence-electron chi connectivity index (χ0n) is 43.9. The van der Waals surface area contributed by atoms with Gasteiger partial charge in [0.1, 0.15) is 0 Å². The number of rotatable bonds is 6. The molecule has 0 aliphatic rings. The van der Waals surface area contributed by atoms with Crippen molar-refractivity contribution < 1.29 is 0 Å². The van der Waals surface area contributed by atoms with E-state index >= 15 is 0 Å². The molecule has 2 aromatic heterocycles. The summed E-state index contributed by atoms with van der Waals surface area (Å²) in [5.74, 6) is 0. The van der Waals surface area contributed by atoms with Gasteiger partial charge in [-0.1, -0.05) is 232 Å². The first-order chi connectivity index (χ1) is 40.1. The number of aromatic nitrogens is 1. The van der Waals surface area contributed by atoms with E-state index in [1.807, 2.05) is 24.3 Å². The zero-order chi connectivity index (χ0) is 55.2. The highest BCUT2D eigenvalue weighted by atomic mass is 79.9. The van der Waals surface area contributed by atoms with Crippen molar-refractivity contribution in [2.24, 2.45) is 0 Å². The number of nitrogens with two attached hydrogens (primary N) is 1. The highest BCUT2D eigenvalue weighted by molar-refractivity contribution is 9.11. The first-order valence-electron chi connectivity index (χ1n) is 27.2. The molecule has 16 rings (SSSR count). The Labute approximate surface area is 508 Å². The molecule has 0 unspecified atom stereocenters. The molecule has 2 nitrogen and oxygen atoms in total. The Hall–Kier alpha value is -8.74. The van der Waals surface area contributed by atoms with E-state index in [-0.39, 0.29) is 7.43 Å². The number of benzene rings is 14. The predicted molar refractivity (Wildman–Crippen MR) is 367 cm³/mol. The van der Waals surface area contributed by atoms with Crippen LogP contribution >= 0.6 is 55.1 Å². The second-order valence-electron chi connectivity index (χ2n) is 21.2. The minimum atomic E-state index is 0. The lowest BCUT2D eigenvalue weighted by molar-refractivity contribution is 1.38. The molecule has 0 bridgehead atoms. The van der Waals surface area contributed by atoms with Crippen molar-refractivity contribution in [3.05, 3.63) is 286 Å². The minimum Gasteiger partial charge on any atom is -0.398 e. The topological polar surface area (TPSA) is 30.4 Å². The van der Waals surface area contributed by atoms with Crippen molar-refractivity contribution in [2.75, 3.05) is 5.73 Å². The normalized spacial score (nSPS) is 11.6. The number of halogens is 4. The van der Waals surface area contributed by atoms with Crippen molar-refractivity contribution in [1.29, 1.82) is 0 Å². The number of hydrogen-bond acceptors (Lipinski definition) is 1. The van der Waals surface area contributed by atoms with Crippen LogP contribution in [-0.4, -0.2) is 4.40 Å². The molecule has 2 heterocycles. The summed E-state index contributed by atoms with van der Waals surface area (Å²) < 4.78 is 4.38. The van der Waals surface area contributed by atoms with E-state index in [0.717, 1.165) is 57.8 Å². The smallest absolute Gasteiger partial charge is 0.0621 e. The number of nitrogen functional groups attached to an aromatic ring is 1. The lowest BCUT2D eigenvalue weighted by Gasteiger charge is -2.17. The zero-order valence-corrected chi connectivity index (χ0v) is 48.6. The molecule has 0 atom stereocenters. The van der Waals surface area contributed by atoms with Crippen LogP contribution in [0.4, 0.5) is 5.69 Å². The molecule has 0 spiro atoms. The fourth-order valence-corrected chi connectivity index (χ4v) is 13.8. The van der Waals surface area contributed by atoms with Crippen LogP contribution in [0.15, 0.2) is 276 Å². The third kappa shape index (κ3) is 9.37. The second kappa shape index (κ2) is 21.2. The van der Waals surface area contributed by atoms with Gasteiger partial charge in [0.2, 0.25) is 0 Å². The SMILES string of the molecule is C.Clc1cc2c3cc4ccc(-c5ccccc5)cc4cc3n3c4cc5cc(-c6ccccc6)ccc5cc4c(c1)c23.Nc1c(-c2cc3ccc(-c4ccccc4)cc3cc2Br)cc(Cl)cc1-c1cc2ccc(-c3ccccc3)cc2cc1Br. The predicted octanol–water partition coefficient (Wildman–Crippen LogP) is 24.2. The number of anilines is 1. The summed E-state index contributed by atoms with van der Waals surface area (Å²) in [6.07, 6.45) is 0. The summed E-state index contributed by atoms with van der Waals surface area (Å²) >= 11 is 21.2. The van der Waals surface area contributed by atoms with E-state index in [9.17, 15) is 0 Å². The van der Waals surface area contributed by atoms with Gasteiger partial charge in [-0.25, -0.2) is 0 Å². The van der Waals surface area contributed by atoms with Gasteiger partial charge in [0, 0.05) is 57.3 Å². The van der Waals surface area contributed by atoms with E-state index in [1.54, 1.807) is 0 Å². The maximum Gasteiger partial charge on any atom is 0.0621 e. The molecule has 0 amide bonds. The van der Waals surface area contributed by atoms with Crippen LogP contribution < -0.4 is 5.73 Å². The summed E-state index contributed by atoms with van der Waals surface area (Å²) in [4.78, 5) is 0. The average molecular weight is 1230 g/mol. The van der Waals surface area contributed by atoms with Crippen LogP contribution in [0, 0.1) is 0 Å². The maximum absolute atomic E-state index is 6.94. The van der Waals surface area contributed by atoms with Crippen molar-refractivity contribution in [3.8, 4) is 66.8 Å². The molecule has 83 heavy (non-hydrogen) atoms. The van der Waals surface area contributed by atoms with Gasteiger partial charge >= 0.3 is 0 Å². The fourth-order valence-electron chi connectivity index (χ4n) is 12.3. The number of fused-ring (bicyclic) bond motifs is 10. The van der Waals surface area contributed by atoms with E-state index in [4.69, 9.17) is 28.9 Å². The van der Waals surface area contributed by atoms with Gasteiger partial charge < -0.3 is 10.1 Å². The fraction of sp³-hybridized carbons (Fsp3) is 0.0130. The molecule has 6 heteroatoms. The van der Waals surface area contributed by atoms with Crippen molar-refractivity contribution >= 4 is 142 Å². The third-order valence-corrected chi connectivity index (χ3v) is 18.0. The van der Waals surface area contributed by atoms with Crippen LogP contribution in [-0.2, 0) is 0 Å². The average Bonchev–Trinajstić information content (AvgIpc) is 2.12. The van der Waals surface area contributed by atoms with Crippen LogP contribution in [0.5, 0.6) is 0 Å². The highest BCUT2D eigenvalue weighted by Gasteiger charge is 2.21. The first-order valence-corrected chi connectivity index (χ1v) is 29.6. The van der Waals surface area contributed by atoms with Gasteiger partial charge in [0.15, 0.2) is 0 Å². The van der Waals surface area contributed by atoms with Gasteiger partial charge in [-0.2, -0.15) is 0 Å². The standard InChI is InChI=1S/C38H24Br2ClN.C38H22ClN.CH4/c39-36-19-29-15-25(23-7-3-1-4-8-23)11-13-27(29)17-32(36)34-21-31(41)22-35(38(34)42)33-18-28-14-12-26(16-30(28)20-37(33)40)24-9-5-2-6-10-24;39-31-21-34-32-17-27-13-11-25(23-7-3-1-4-8-23)15-29(27)19-36(32)40-37-20-30-16-26(24-9-5-2-6-10-24)12-14-28(30)18-33(37)35(22-31)38(34)40;/h1-22H,42H2;1-22H;1H4. The van der Waals surface area contributed by atoms with Crippen LogP contribution in [0.3, 0.4) is 0 Å². The van der Waals surface area contributed by atoms with Gasteiger partial charge in [-0.15, -0.1) is 0 Å². The molecule has 0 saturated carbocycles. The molecule has 2 N–H and O–H groups in total. The summed E-state index contributed by atoms with van der Waals surface area (Å²) in [5, 5.41) is 15.8. The molecule has 396 valence electrons. The van der Waals surface area contributed by atoms with Crippen molar-refractivity contribution in [2.45, 2.75) is 7.43 Å². The largest absolute Gasteiger partial charge is 0.398 e. The van der Waals surface area contributed by atoms with Gasteiger partial charge in [-0.05, 0) is 196 Å². The minimum absolute atomic E-state index is 0. The Bertz CT molecular complexity index is 4880. The molecular formula is C77H50Br2Cl2N2. The Morgan fingerprint density at radius 3 is 0.940 bits per heavy atom. The van der Waals surface area contributed by atoms with E-state index in [1.165, 1.54) is 104 Å². The molecule has 0 aliphatic heterocycles. The molecule has 0 aliphatic carbocycles. The lowest BCUT2D eigenvalue weighted by atomic mass is 9.92. The van der Waals surface area contributed by atoms with E-state index in [2.05, 4.69) is 279 Å². The van der Waals surface area contributed by atoms with Crippen molar-refractivity contribution in [3.63, 3.8) is 0 Å². The quantitative estimate of drug-likeness (QED) is 0.165. The Kier molecular flexibility index (Phi) is 13.4.